The van der Waals surface area contributed by atoms with Gasteiger partial charge in [-0.3, -0.25) is 4.68 Å². The first kappa shape index (κ1) is 18.2. The van der Waals surface area contributed by atoms with Crippen LogP contribution in [0, 0.1) is 11.8 Å². The molecule has 6 nitrogen and oxygen atoms in total. The second-order valence-corrected chi connectivity index (χ2v) is 8.11. The molecule has 140 valence electrons. The molecule has 1 saturated heterocycles. The Balaban J connectivity index is 1.66. The fourth-order valence-corrected chi connectivity index (χ4v) is 4.34. The smallest absolute Gasteiger partial charge is 0.321 e. The third kappa shape index (κ3) is 3.84. The Hall–Kier alpha value is -1.56. The highest BCUT2D eigenvalue weighted by atomic mass is 16.3. The summed E-state index contributed by atoms with van der Waals surface area (Å²) in [5.41, 5.74) is 1.34. The summed E-state index contributed by atoms with van der Waals surface area (Å²) in [6.45, 7) is 8.56. The van der Waals surface area contributed by atoms with E-state index in [1.54, 1.807) is 6.20 Å². The van der Waals surface area contributed by atoms with Crippen LogP contribution in [0.5, 0.6) is 0 Å². The average Bonchev–Trinajstić information content (AvgIpc) is 2.94. The summed E-state index contributed by atoms with van der Waals surface area (Å²) in [4.78, 5) is 14.6. The molecule has 2 aliphatic rings. The SMILES string of the molecule is CCc1c(NC(=O)N2CCC3(O)CCCCC3C2)cnn1CC(C)C. The highest BCUT2D eigenvalue weighted by Gasteiger charge is 2.43. The Kier molecular flexibility index (Phi) is 5.37. The number of carbonyl (C=O) groups is 1. The molecule has 0 spiro atoms. The van der Waals surface area contributed by atoms with Gasteiger partial charge in [0, 0.05) is 25.6 Å². The lowest BCUT2D eigenvalue weighted by Gasteiger charge is -2.47. The minimum Gasteiger partial charge on any atom is -0.389 e. The number of aliphatic hydroxyl groups is 1. The zero-order valence-corrected chi connectivity index (χ0v) is 15.8. The summed E-state index contributed by atoms with van der Waals surface area (Å²) in [7, 11) is 0. The van der Waals surface area contributed by atoms with E-state index in [2.05, 4.69) is 31.2 Å². The molecule has 2 heterocycles. The molecule has 2 fully saturated rings. The first-order valence-corrected chi connectivity index (χ1v) is 9.76. The van der Waals surface area contributed by atoms with Gasteiger partial charge in [-0.2, -0.15) is 5.10 Å². The first-order valence-electron chi connectivity index (χ1n) is 9.76. The molecule has 1 saturated carbocycles. The maximum atomic E-state index is 12.7. The average molecular weight is 348 g/mol. The molecule has 0 bridgehead atoms. The summed E-state index contributed by atoms with van der Waals surface area (Å²) >= 11 is 0. The predicted octanol–water partition coefficient (Wildman–Crippen LogP) is 3.26. The van der Waals surface area contributed by atoms with Crippen molar-refractivity contribution in [3.63, 3.8) is 0 Å². The standard InChI is InChI=1S/C19H32N4O2/c1-4-17-16(11-20-23(17)12-14(2)3)21-18(24)22-10-9-19(25)8-6-5-7-15(19)13-22/h11,14-15,25H,4-10,12-13H2,1-3H3,(H,21,24). The largest absolute Gasteiger partial charge is 0.389 e. The molecule has 0 radical (unpaired) electrons. The van der Waals surface area contributed by atoms with Crippen LogP contribution in [0.2, 0.25) is 0 Å². The molecule has 0 aromatic carbocycles. The fourth-order valence-electron chi connectivity index (χ4n) is 4.34. The zero-order valence-electron chi connectivity index (χ0n) is 15.8. The molecule has 2 N–H and O–H groups in total. The van der Waals surface area contributed by atoms with Crippen molar-refractivity contribution in [1.29, 1.82) is 0 Å². The van der Waals surface area contributed by atoms with Gasteiger partial charge < -0.3 is 15.3 Å². The molecular formula is C19H32N4O2. The van der Waals surface area contributed by atoms with Crippen molar-refractivity contribution in [3.8, 4) is 0 Å². The summed E-state index contributed by atoms with van der Waals surface area (Å²) < 4.78 is 2.00. The van der Waals surface area contributed by atoms with Crippen LogP contribution < -0.4 is 5.32 Å². The van der Waals surface area contributed by atoms with Gasteiger partial charge in [-0.1, -0.05) is 33.6 Å². The Bertz CT molecular complexity index is 613. The highest BCUT2D eigenvalue weighted by Crippen LogP contribution is 2.39. The third-order valence-corrected chi connectivity index (χ3v) is 5.78. The van der Waals surface area contributed by atoms with Gasteiger partial charge in [0.2, 0.25) is 0 Å². The number of anilines is 1. The van der Waals surface area contributed by atoms with Crippen LogP contribution in [0.1, 0.15) is 58.6 Å². The van der Waals surface area contributed by atoms with Gasteiger partial charge >= 0.3 is 6.03 Å². The van der Waals surface area contributed by atoms with Crippen LogP contribution in [0.15, 0.2) is 6.20 Å². The zero-order chi connectivity index (χ0) is 18.0. The van der Waals surface area contributed by atoms with Crippen LogP contribution in [-0.2, 0) is 13.0 Å². The van der Waals surface area contributed by atoms with Gasteiger partial charge in [-0.15, -0.1) is 0 Å². The molecule has 25 heavy (non-hydrogen) atoms. The number of hydrogen-bond acceptors (Lipinski definition) is 3. The monoisotopic (exact) mass is 348 g/mol. The maximum absolute atomic E-state index is 12.7. The second kappa shape index (κ2) is 7.36. The number of amides is 2. The summed E-state index contributed by atoms with van der Waals surface area (Å²) in [6.07, 6.45) is 7.46. The predicted molar refractivity (Wildman–Crippen MR) is 98.6 cm³/mol. The molecule has 3 rings (SSSR count). The minimum atomic E-state index is -0.550. The first-order chi connectivity index (χ1) is 11.9. The number of urea groups is 1. The third-order valence-electron chi connectivity index (χ3n) is 5.78. The van der Waals surface area contributed by atoms with E-state index in [1.165, 1.54) is 0 Å². The molecule has 1 aromatic rings. The number of piperidine rings is 1. The molecule has 2 unspecified atom stereocenters. The number of rotatable bonds is 4. The minimum absolute atomic E-state index is 0.0635. The number of nitrogens with one attached hydrogen (secondary N) is 1. The number of nitrogens with zero attached hydrogens (tertiary/aromatic N) is 3. The number of aromatic nitrogens is 2. The van der Waals surface area contributed by atoms with Crippen molar-refractivity contribution < 1.29 is 9.90 Å². The van der Waals surface area contributed by atoms with Crippen LogP contribution in [-0.4, -0.2) is 44.5 Å². The maximum Gasteiger partial charge on any atom is 0.321 e. The van der Waals surface area contributed by atoms with E-state index in [0.29, 0.717) is 25.4 Å². The van der Waals surface area contributed by atoms with Crippen molar-refractivity contribution in [3.05, 3.63) is 11.9 Å². The molecule has 1 aliphatic carbocycles. The lowest BCUT2D eigenvalue weighted by atomic mass is 9.71. The topological polar surface area (TPSA) is 70.4 Å². The van der Waals surface area contributed by atoms with Crippen LogP contribution >= 0.6 is 0 Å². The summed E-state index contributed by atoms with van der Waals surface area (Å²) in [6, 6.07) is -0.0635. The lowest BCUT2D eigenvalue weighted by Crippen LogP contribution is -2.55. The van der Waals surface area contributed by atoms with Gasteiger partial charge in [-0.25, -0.2) is 4.79 Å². The highest BCUT2D eigenvalue weighted by molar-refractivity contribution is 5.89. The van der Waals surface area contributed by atoms with E-state index in [9.17, 15) is 9.90 Å². The number of fused-ring (bicyclic) bond motifs is 1. The van der Waals surface area contributed by atoms with E-state index in [4.69, 9.17) is 0 Å². The quantitative estimate of drug-likeness (QED) is 0.877. The van der Waals surface area contributed by atoms with Crippen molar-refractivity contribution in [2.24, 2.45) is 11.8 Å². The Morgan fingerprint density at radius 3 is 2.96 bits per heavy atom. The van der Waals surface area contributed by atoms with Crippen LogP contribution in [0.3, 0.4) is 0 Å². The lowest BCUT2D eigenvalue weighted by molar-refractivity contribution is -0.0863. The fraction of sp³-hybridized carbons (Fsp3) is 0.789. The molecule has 1 aliphatic heterocycles. The molecular weight excluding hydrogens is 316 g/mol. The van der Waals surface area contributed by atoms with Gasteiger partial charge in [0.25, 0.3) is 0 Å². The van der Waals surface area contributed by atoms with E-state index >= 15 is 0 Å². The van der Waals surface area contributed by atoms with E-state index in [1.807, 2.05) is 9.58 Å². The molecule has 1 aromatic heterocycles. The Labute approximate surface area is 150 Å². The van der Waals surface area contributed by atoms with E-state index in [-0.39, 0.29) is 11.9 Å². The Morgan fingerprint density at radius 2 is 2.24 bits per heavy atom. The molecule has 6 heteroatoms. The number of carbonyl (C=O) groups excluding carboxylic acids is 1. The Morgan fingerprint density at radius 1 is 1.44 bits per heavy atom. The van der Waals surface area contributed by atoms with E-state index in [0.717, 1.165) is 50.0 Å². The van der Waals surface area contributed by atoms with E-state index < -0.39 is 5.60 Å². The van der Waals surface area contributed by atoms with Gasteiger partial charge in [0.15, 0.2) is 0 Å². The molecule has 2 atom stereocenters. The number of likely N-dealkylation sites (tertiary alicyclic amines) is 1. The summed E-state index contributed by atoms with van der Waals surface area (Å²) in [5.74, 6) is 0.731. The normalized spacial score (nSPS) is 26.6. The van der Waals surface area contributed by atoms with Crippen molar-refractivity contribution in [2.45, 2.75) is 71.4 Å². The van der Waals surface area contributed by atoms with Gasteiger partial charge in [0.05, 0.1) is 23.2 Å². The van der Waals surface area contributed by atoms with Crippen LogP contribution in [0.4, 0.5) is 10.5 Å². The number of hydrogen-bond donors (Lipinski definition) is 2. The summed E-state index contributed by atoms with van der Waals surface area (Å²) in [5, 5.41) is 18.3. The second-order valence-electron chi connectivity index (χ2n) is 8.11. The van der Waals surface area contributed by atoms with Crippen molar-refractivity contribution in [2.75, 3.05) is 18.4 Å². The molecule has 2 amide bonds. The van der Waals surface area contributed by atoms with Gasteiger partial charge in [-0.05, 0) is 31.6 Å². The van der Waals surface area contributed by atoms with Crippen molar-refractivity contribution >= 4 is 11.7 Å². The van der Waals surface area contributed by atoms with Crippen LogP contribution in [0.25, 0.3) is 0 Å². The van der Waals surface area contributed by atoms with Gasteiger partial charge in [0.1, 0.15) is 0 Å². The van der Waals surface area contributed by atoms with Crippen molar-refractivity contribution in [1.82, 2.24) is 14.7 Å².